The van der Waals surface area contributed by atoms with Crippen molar-refractivity contribution in [2.75, 3.05) is 25.0 Å². The van der Waals surface area contributed by atoms with E-state index in [1.54, 1.807) is 18.1 Å². The molecule has 1 aromatic carbocycles. The lowest BCUT2D eigenvalue weighted by molar-refractivity contribution is 0.0713. The number of phenolic OH excluding ortho intramolecular Hbond substituents is 1. The summed E-state index contributed by atoms with van der Waals surface area (Å²) in [6.07, 6.45) is 3.37. The van der Waals surface area contributed by atoms with Gasteiger partial charge in [0.1, 0.15) is 11.6 Å². The summed E-state index contributed by atoms with van der Waals surface area (Å²) in [5.41, 5.74) is -0.0193. The minimum Gasteiger partial charge on any atom is -0.507 e. The summed E-state index contributed by atoms with van der Waals surface area (Å²) >= 11 is 0. The van der Waals surface area contributed by atoms with Gasteiger partial charge in [0.2, 0.25) is 0 Å². The van der Waals surface area contributed by atoms with Crippen LogP contribution in [0.15, 0.2) is 36.5 Å². The van der Waals surface area contributed by atoms with Crippen molar-refractivity contribution in [3.63, 3.8) is 0 Å². The summed E-state index contributed by atoms with van der Waals surface area (Å²) in [5.74, 6) is -0.376. The molecule has 1 fully saturated rings. The number of aromatic nitrogens is 2. The number of rotatable bonds is 3. The van der Waals surface area contributed by atoms with E-state index in [9.17, 15) is 14.3 Å². The van der Waals surface area contributed by atoms with Gasteiger partial charge in [-0.3, -0.25) is 4.79 Å². The Bertz CT molecular complexity index is 726. The van der Waals surface area contributed by atoms with E-state index in [-0.39, 0.29) is 17.4 Å². The largest absolute Gasteiger partial charge is 0.507 e. The number of aromatic hydroxyl groups is 1. The molecule has 3 rings (SSSR count). The van der Waals surface area contributed by atoms with Gasteiger partial charge in [-0.25, -0.2) is 4.39 Å². The van der Waals surface area contributed by atoms with E-state index < -0.39 is 11.7 Å². The molecule has 0 radical (unpaired) electrons. The fraction of sp³-hybridized carbons (Fsp3) is 0.353. The quantitative estimate of drug-likeness (QED) is 0.933. The number of carbonyl (C=O) groups excluding carboxylic acids is 1. The number of hydrogen-bond donors (Lipinski definition) is 1. The highest BCUT2D eigenvalue weighted by Crippen LogP contribution is 2.24. The Balaban J connectivity index is 1.75. The molecule has 2 heterocycles. The van der Waals surface area contributed by atoms with E-state index in [1.165, 1.54) is 6.07 Å². The van der Waals surface area contributed by atoms with Crippen LogP contribution < -0.4 is 4.90 Å². The Labute approximate surface area is 139 Å². The number of amides is 1. The number of likely N-dealkylation sites (N-methyl/N-ethyl adjacent to an activating group) is 1. The molecule has 1 aliphatic rings. The Morgan fingerprint density at radius 3 is 3.00 bits per heavy atom. The molecule has 6 nitrogen and oxygen atoms in total. The SMILES string of the molecule is CN(C(=O)c1cc(F)ccc1O)[C@H]1CCCN(c2cccnn2)C1. The first-order valence-electron chi connectivity index (χ1n) is 7.84. The average molecular weight is 330 g/mol. The van der Waals surface area contributed by atoms with Crippen molar-refractivity contribution in [1.82, 2.24) is 15.1 Å². The minimum atomic E-state index is -0.547. The highest BCUT2D eigenvalue weighted by atomic mass is 19.1. The van der Waals surface area contributed by atoms with Gasteiger partial charge in [-0.2, -0.15) is 5.10 Å². The van der Waals surface area contributed by atoms with Crippen LogP contribution in [0.3, 0.4) is 0 Å². The van der Waals surface area contributed by atoms with E-state index in [0.717, 1.165) is 37.3 Å². The number of anilines is 1. The number of halogens is 1. The molecular weight excluding hydrogens is 311 g/mol. The molecule has 1 N–H and O–H groups in total. The number of phenols is 1. The van der Waals surface area contributed by atoms with Crippen LogP contribution in [0.5, 0.6) is 5.75 Å². The monoisotopic (exact) mass is 330 g/mol. The zero-order valence-electron chi connectivity index (χ0n) is 13.4. The Hall–Kier alpha value is -2.70. The van der Waals surface area contributed by atoms with Crippen LogP contribution >= 0.6 is 0 Å². The van der Waals surface area contributed by atoms with Crippen LogP contribution in [0.1, 0.15) is 23.2 Å². The highest BCUT2D eigenvalue weighted by Gasteiger charge is 2.28. The van der Waals surface area contributed by atoms with Gasteiger partial charge in [0.05, 0.1) is 5.56 Å². The van der Waals surface area contributed by atoms with Crippen molar-refractivity contribution in [2.45, 2.75) is 18.9 Å². The van der Waals surface area contributed by atoms with Crippen molar-refractivity contribution >= 4 is 11.7 Å². The molecule has 7 heteroatoms. The lowest BCUT2D eigenvalue weighted by Crippen LogP contribution is -2.49. The minimum absolute atomic E-state index is 0.0193. The van der Waals surface area contributed by atoms with E-state index in [2.05, 4.69) is 15.1 Å². The standard InChI is InChI=1S/C17H19FN4O2/c1-21(17(24)14-10-12(18)6-7-15(14)23)13-4-3-9-22(11-13)16-5-2-8-19-20-16/h2,5-8,10,13,23H,3-4,9,11H2,1H3/t13-/m0/s1. The third-order valence-corrected chi connectivity index (χ3v) is 4.34. The molecule has 0 spiro atoms. The van der Waals surface area contributed by atoms with Crippen molar-refractivity contribution in [3.05, 3.63) is 47.9 Å². The van der Waals surface area contributed by atoms with Crippen molar-refractivity contribution in [2.24, 2.45) is 0 Å². The second-order valence-corrected chi connectivity index (χ2v) is 5.90. The fourth-order valence-electron chi connectivity index (χ4n) is 2.98. The van der Waals surface area contributed by atoms with Gasteiger partial charge in [0, 0.05) is 32.4 Å². The lowest BCUT2D eigenvalue weighted by Gasteiger charge is -2.38. The number of benzene rings is 1. The molecule has 1 aromatic heterocycles. The van der Waals surface area contributed by atoms with Gasteiger partial charge < -0.3 is 14.9 Å². The van der Waals surface area contributed by atoms with E-state index in [4.69, 9.17) is 0 Å². The van der Waals surface area contributed by atoms with Crippen LogP contribution in [0, 0.1) is 5.82 Å². The molecule has 0 saturated carbocycles. The van der Waals surface area contributed by atoms with Crippen LogP contribution in [0.2, 0.25) is 0 Å². The normalized spacial score (nSPS) is 17.6. The highest BCUT2D eigenvalue weighted by molar-refractivity contribution is 5.96. The van der Waals surface area contributed by atoms with Gasteiger partial charge in [-0.05, 0) is 43.2 Å². The second kappa shape index (κ2) is 6.82. The summed E-state index contributed by atoms with van der Waals surface area (Å²) in [4.78, 5) is 16.3. The first-order chi connectivity index (χ1) is 11.6. The van der Waals surface area contributed by atoms with E-state index >= 15 is 0 Å². The summed E-state index contributed by atoms with van der Waals surface area (Å²) < 4.78 is 13.4. The zero-order chi connectivity index (χ0) is 17.1. The molecular formula is C17H19FN4O2. The molecule has 24 heavy (non-hydrogen) atoms. The van der Waals surface area contributed by atoms with Crippen LogP contribution in [-0.4, -0.2) is 52.3 Å². The third kappa shape index (κ3) is 3.29. The van der Waals surface area contributed by atoms with Gasteiger partial charge in [0.15, 0.2) is 5.82 Å². The molecule has 1 aliphatic heterocycles. The maximum Gasteiger partial charge on any atom is 0.257 e. The maximum atomic E-state index is 13.4. The molecule has 1 atom stereocenters. The van der Waals surface area contributed by atoms with Crippen LogP contribution in [0.4, 0.5) is 10.2 Å². The Morgan fingerprint density at radius 2 is 2.25 bits per heavy atom. The van der Waals surface area contributed by atoms with Gasteiger partial charge in [0.25, 0.3) is 5.91 Å². The maximum absolute atomic E-state index is 13.4. The first kappa shape index (κ1) is 16.2. The molecule has 1 amide bonds. The number of nitrogens with zero attached hydrogens (tertiary/aromatic N) is 4. The average Bonchev–Trinajstić information content (AvgIpc) is 2.63. The van der Waals surface area contributed by atoms with Gasteiger partial charge in [-0.15, -0.1) is 5.10 Å². The van der Waals surface area contributed by atoms with Crippen molar-refractivity contribution in [3.8, 4) is 5.75 Å². The van der Waals surface area contributed by atoms with Gasteiger partial charge in [-0.1, -0.05) is 0 Å². The predicted molar refractivity (Wildman–Crippen MR) is 87.4 cm³/mol. The van der Waals surface area contributed by atoms with Gasteiger partial charge >= 0.3 is 0 Å². The topological polar surface area (TPSA) is 69.6 Å². The van der Waals surface area contributed by atoms with Crippen molar-refractivity contribution < 1.29 is 14.3 Å². The summed E-state index contributed by atoms with van der Waals surface area (Å²) in [6.45, 7) is 1.47. The van der Waals surface area contributed by atoms with Crippen molar-refractivity contribution in [1.29, 1.82) is 0 Å². The molecule has 0 bridgehead atoms. The Kier molecular flexibility index (Phi) is 4.59. The first-order valence-corrected chi connectivity index (χ1v) is 7.84. The molecule has 2 aromatic rings. The van der Waals surface area contributed by atoms with E-state index in [0.29, 0.717) is 6.54 Å². The summed E-state index contributed by atoms with van der Waals surface area (Å²) in [5, 5.41) is 17.8. The fourth-order valence-corrected chi connectivity index (χ4v) is 2.98. The predicted octanol–water partition coefficient (Wildman–Crippen LogP) is 2.06. The summed E-state index contributed by atoms with van der Waals surface area (Å²) in [7, 11) is 1.68. The zero-order valence-corrected chi connectivity index (χ0v) is 13.4. The number of carbonyl (C=O) groups is 1. The smallest absolute Gasteiger partial charge is 0.257 e. The second-order valence-electron chi connectivity index (χ2n) is 5.90. The third-order valence-electron chi connectivity index (χ3n) is 4.34. The number of piperidine rings is 1. The Morgan fingerprint density at radius 1 is 1.42 bits per heavy atom. The molecule has 0 unspecified atom stereocenters. The van der Waals surface area contributed by atoms with Crippen LogP contribution in [-0.2, 0) is 0 Å². The molecule has 126 valence electrons. The lowest BCUT2D eigenvalue weighted by atomic mass is 10.0. The molecule has 1 saturated heterocycles. The molecule has 0 aliphatic carbocycles. The number of hydrogen-bond acceptors (Lipinski definition) is 5. The summed E-state index contributed by atoms with van der Waals surface area (Å²) in [6, 6.07) is 7.06. The van der Waals surface area contributed by atoms with E-state index in [1.807, 2.05) is 12.1 Å². The van der Waals surface area contributed by atoms with Crippen LogP contribution in [0.25, 0.3) is 0 Å².